The number of phenols is 1. The number of ketones is 2. The lowest BCUT2D eigenvalue weighted by molar-refractivity contribution is 0.101. The first kappa shape index (κ1) is 11.2. The van der Waals surface area contributed by atoms with Crippen LogP contribution in [0.4, 0.5) is 0 Å². The highest BCUT2D eigenvalue weighted by Gasteiger charge is 2.15. The molecule has 80 valence electrons. The Morgan fingerprint density at radius 1 is 1.13 bits per heavy atom. The van der Waals surface area contributed by atoms with Crippen LogP contribution in [0.3, 0.4) is 0 Å². The molecule has 0 amide bonds. The molecule has 0 heterocycles. The van der Waals surface area contributed by atoms with E-state index in [1.807, 2.05) is 0 Å². The Labute approximate surface area is 87.5 Å². The molecule has 4 nitrogen and oxygen atoms in total. The molecule has 0 saturated heterocycles. The molecule has 0 spiro atoms. The van der Waals surface area contributed by atoms with E-state index in [1.54, 1.807) is 0 Å². The summed E-state index contributed by atoms with van der Waals surface area (Å²) in [4.78, 5) is 22.4. The normalized spacial score (nSPS) is 9.80. The number of benzene rings is 1. The predicted molar refractivity (Wildman–Crippen MR) is 54.7 cm³/mol. The summed E-state index contributed by atoms with van der Waals surface area (Å²) in [5.74, 6) is -0.415. The maximum atomic E-state index is 11.2. The number of Topliss-reactive ketones (excluding diaryl/α,β-unsaturated/α-hetero) is 2. The van der Waals surface area contributed by atoms with Gasteiger partial charge >= 0.3 is 0 Å². The average molecular weight is 208 g/mol. The van der Waals surface area contributed by atoms with Crippen LogP contribution in [-0.4, -0.2) is 23.8 Å². The van der Waals surface area contributed by atoms with Crippen molar-refractivity contribution in [2.24, 2.45) is 0 Å². The minimum atomic E-state index is -0.294. The number of hydrogen-bond donors (Lipinski definition) is 1. The summed E-state index contributed by atoms with van der Waals surface area (Å²) < 4.78 is 4.93. The topological polar surface area (TPSA) is 63.6 Å². The van der Waals surface area contributed by atoms with Crippen molar-refractivity contribution in [1.29, 1.82) is 0 Å². The van der Waals surface area contributed by atoms with E-state index in [0.717, 1.165) is 0 Å². The number of ether oxygens (including phenoxy) is 1. The fraction of sp³-hybridized carbons (Fsp3) is 0.273. The number of rotatable bonds is 3. The van der Waals surface area contributed by atoms with Crippen molar-refractivity contribution < 1.29 is 19.4 Å². The van der Waals surface area contributed by atoms with Gasteiger partial charge in [0.15, 0.2) is 11.6 Å². The number of methoxy groups -OCH3 is 1. The maximum absolute atomic E-state index is 11.2. The zero-order chi connectivity index (χ0) is 11.6. The van der Waals surface area contributed by atoms with Crippen molar-refractivity contribution in [1.82, 2.24) is 0 Å². The van der Waals surface area contributed by atoms with E-state index in [0.29, 0.717) is 5.56 Å². The fourth-order valence-electron chi connectivity index (χ4n) is 1.30. The van der Waals surface area contributed by atoms with Gasteiger partial charge in [0.2, 0.25) is 0 Å². The molecule has 1 aromatic carbocycles. The molecule has 1 N–H and O–H groups in total. The molecule has 1 aromatic rings. The summed E-state index contributed by atoms with van der Waals surface area (Å²) in [7, 11) is 1.40. The molecular weight excluding hydrogens is 196 g/mol. The summed E-state index contributed by atoms with van der Waals surface area (Å²) >= 11 is 0. The SMILES string of the molecule is COc1cc(O)c(C(C)=O)cc1C(C)=O. The Morgan fingerprint density at radius 2 is 1.67 bits per heavy atom. The molecule has 0 unspecified atom stereocenters. The third-order valence-corrected chi connectivity index (χ3v) is 2.08. The smallest absolute Gasteiger partial charge is 0.163 e. The summed E-state index contributed by atoms with van der Waals surface area (Å²) in [6.07, 6.45) is 0. The van der Waals surface area contributed by atoms with Crippen molar-refractivity contribution >= 4 is 11.6 Å². The predicted octanol–water partition coefficient (Wildman–Crippen LogP) is 1.81. The van der Waals surface area contributed by atoms with Gasteiger partial charge in [0.1, 0.15) is 11.5 Å². The molecule has 0 aliphatic carbocycles. The molecule has 0 saturated carbocycles. The van der Waals surface area contributed by atoms with E-state index in [1.165, 1.54) is 33.1 Å². The first-order valence-electron chi connectivity index (χ1n) is 4.40. The third kappa shape index (κ3) is 2.15. The summed E-state index contributed by atoms with van der Waals surface area (Å²) in [5.41, 5.74) is 0.418. The van der Waals surface area contributed by atoms with Crippen molar-refractivity contribution in [3.05, 3.63) is 23.3 Å². The third-order valence-electron chi connectivity index (χ3n) is 2.08. The number of phenolic OH excluding ortho intramolecular Hbond substituents is 1. The van der Waals surface area contributed by atoms with Crippen LogP contribution in [0.25, 0.3) is 0 Å². The molecular formula is C11H12O4. The highest BCUT2D eigenvalue weighted by Crippen LogP contribution is 2.28. The Hall–Kier alpha value is -1.84. The molecule has 15 heavy (non-hydrogen) atoms. The van der Waals surface area contributed by atoms with Gasteiger partial charge in [0, 0.05) is 6.07 Å². The van der Waals surface area contributed by atoms with Crippen LogP contribution in [-0.2, 0) is 0 Å². The van der Waals surface area contributed by atoms with E-state index in [4.69, 9.17) is 4.74 Å². The van der Waals surface area contributed by atoms with Gasteiger partial charge in [-0.25, -0.2) is 0 Å². The van der Waals surface area contributed by atoms with Gasteiger partial charge in [-0.05, 0) is 19.9 Å². The standard InChI is InChI=1S/C11H12O4/c1-6(12)8-4-9(7(2)13)11(15-3)5-10(8)14/h4-5,14H,1-3H3. The molecule has 0 radical (unpaired) electrons. The van der Waals surface area contributed by atoms with Crippen LogP contribution in [0.1, 0.15) is 34.6 Å². The zero-order valence-corrected chi connectivity index (χ0v) is 8.83. The highest BCUT2D eigenvalue weighted by molar-refractivity contribution is 6.03. The summed E-state index contributed by atoms with van der Waals surface area (Å²) in [6, 6.07) is 2.62. The largest absolute Gasteiger partial charge is 0.507 e. The molecule has 0 aromatic heterocycles. The quantitative estimate of drug-likeness (QED) is 0.769. The van der Waals surface area contributed by atoms with Gasteiger partial charge in [-0.1, -0.05) is 0 Å². The second-order valence-electron chi connectivity index (χ2n) is 3.18. The van der Waals surface area contributed by atoms with Crippen molar-refractivity contribution in [2.75, 3.05) is 7.11 Å². The van der Waals surface area contributed by atoms with Crippen LogP contribution in [0, 0.1) is 0 Å². The van der Waals surface area contributed by atoms with Crippen molar-refractivity contribution in [3.63, 3.8) is 0 Å². The van der Waals surface area contributed by atoms with Gasteiger partial charge in [0.25, 0.3) is 0 Å². The van der Waals surface area contributed by atoms with Crippen LogP contribution < -0.4 is 4.74 Å². The minimum absolute atomic E-state index is 0.126. The number of aromatic hydroxyl groups is 1. The maximum Gasteiger partial charge on any atom is 0.163 e. The van der Waals surface area contributed by atoms with Crippen molar-refractivity contribution in [3.8, 4) is 11.5 Å². The monoisotopic (exact) mass is 208 g/mol. The van der Waals surface area contributed by atoms with E-state index in [9.17, 15) is 14.7 Å². The molecule has 0 bridgehead atoms. The molecule has 0 aliphatic heterocycles. The lowest BCUT2D eigenvalue weighted by Crippen LogP contribution is -2.02. The fourth-order valence-corrected chi connectivity index (χ4v) is 1.30. The van der Waals surface area contributed by atoms with Crippen LogP contribution in [0.15, 0.2) is 12.1 Å². The Balaban J connectivity index is 3.43. The zero-order valence-electron chi connectivity index (χ0n) is 8.83. The Bertz CT molecular complexity index is 421. The number of hydrogen-bond acceptors (Lipinski definition) is 4. The highest BCUT2D eigenvalue weighted by atomic mass is 16.5. The van der Waals surface area contributed by atoms with Crippen LogP contribution >= 0.6 is 0 Å². The van der Waals surface area contributed by atoms with E-state index < -0.39 is 0 Å². The first-order chi connectivity index (χ1) is 6.97. The van der Waals surface area contributed by atoms with Gasteiger partial charge in [-0.15, -0.1) is 0 Å². The number of carbonyl (C=O) groups is 2. The minimum Gasteiger partial charge on any atom is -0.507 e. The second kappa shape index (κ2) is 4.13. The molecule has 0 atom stereocenters. The van der Waals surface area contributed by atoms with Gasteiger partial charge < -0.3 is 9.84 Å². The molecule has 1 rings (SSSR count). The van der Waals surface area contributed by atoms with E-state index >= 15 is 0 Å². The first-order valence-corrected chi connectivity index (χ1v) is 4.40. The van der Waals surface area contributed by atoms with Gasteiger partial charge in [-0.2, -0.15) is 0 Å². The van der Waals surface area contributed by atoms with E-state index in [2.05, 4.69) is 0 Å². The van der Waals surface area contributed by atoms with E-state index in [-0.39, 0.29) is 28.6 Å². The average Bonchev–Trinajstić information content (AvgIpc) is 2.16. The molecule has 0 aliphatic rings. The lowest BCUT2D eigenvalue weighted by Gasteiger charge is -2.08. The summed E-state index contributed by atoms with van der Waals surface area (Å²) in [6.45, 7) is 2.70. The number of carbonyl (C=O) groups excluding carboxylic acids is 2. The van der Waals surface area contributed by atoms with Crippen molar-refractivity contribution in [2.45, 2.75) is 13.8 Å². The summed E-state index contributed by atoms with van der Waals surface area (Å²) in [5, 5.41) is 9.49. The molecule has 4 heteroatoms. The van der Waals surface area contributed by atoms with Crippen LogP contribution in [0.5, 0.6) is 11.5 Å². The van der Waals surface area contributed by atoms with Crippen LogP contribution in [0.2, 0.25) is 0 Å². The second-order valence-corrected chi connectivity index (χ2v) is 3.18. The molecule has 0 fully saturated rings. The Morgan fingerprint density at radius 3 is 2.07 bits per heavy atom. The Kier molecular flexibility index (Phi) is 3.09. The van der Waals surface area contributed by atoms with Gasteiger partial charge in [-0.3, -0.25) is 9.59 Å². The lowest BCUT2D eigenvalue weighted by atomic mass is 10.0. The van der Waals surface area contributed by atoms with Gasteiger partial charge in [0.05, 0.1) is 18.2 Å².